The Morgan fingerprint density at radius 1 is 1.11 bits per heavy atom. The average Bonchev–Trinajstić information content (AvgIpc) is 2.83. The number of carboxylic acid groups (broad SMARTS) is 1. The fraction of sp³-hybridized carbons (Fsp3) is 0.312. The summed E-state index contributed by atoms with van der Waals surface area (Å²) < 4.78 is 0. The highest BCUT2D eigenvalue weighted by Gasteiger charge is 2.11. The van der Waals surface area contributed by atoms with Crippen molar-refractivity contribution in [2.24, 2.45) is 5.73 Å². The maximum absolute atomic E-state index is 9.70. The standard InChI is InChI=1S/C12H10.C4H9NO2/c1-3-9-4-2-6-11-8-7-10(5-1)12(9)11;5-3-1-2-4(6)7/h1-6H,7-8H2;1-3,5H2,(H,6,7). The molecular weight excluding hydrogens is 238 g/mol. The maximum atomic E-state index is 9.70. The van der Waals surface area contributed by atoms with Crippen LogP contribution in [0.25, 0.3) is 10.8 Å². The molecule has 0 heterocycles. The Kier molecular flexibility index (Phi) is 4.53. The van der Waals surface area contributed by atoms with Crippen molar-refractivity contribution in [3.8, 4) is 0 Å². The van der Waals surface area contributed by atoms with Crippen LogP contribution < -0.4 is 5.73 Å². The van der Waals surface area contributed by atoms with Gasteiger partial charge in [0.25, 0.3) is 0 Å². The Morgan fingerprint density at radius 3 is 2.11 bits per heavy atom. The van der Waals surface area contributed by atoms with Gasteiger partial charge in [-0.15, -0.1) is 0 Å². The summed E-state index contributed by atoms with van der Waals surface area (Å²) in [5.74, 6) is -0.773. The van der Waals surface area contributed by atoms with E-state index >= 15 is 0 Å². The van der Waals surface area contributed by atoms with Gasteiger partial charge in [-0.05, 0) is 47.7 Å². The van der Waals surface area contributed by atoms with Gasteiger partial charge in [0.05, 0.1) is 0 Å². The van der Waals surface area contributed by atoms with E-state index < -0.39 is 5.97 Å². The van der Waals surface area contributed by atoms with Crippen LogP contribution in [0.15, 0.2) is 36.4 Å². The Hall–Kier alpha value is -1.87. The van der Waals surface area contributed by atoms with Gasteiger partial charge in [0.15, 0.2) is 0 Å². The number of carboxylic acids is 1. The summed E-state index contributed by atoms with van der Waals surface area (Å²) in [6, 6.07) is 13.2. The van der Waals surface area contributed by atoms with Crippen molar-refractivity contribution in [2.45, 2.75) is 25.7 Å². The van der Waals surface area contributed by atoms with Gasteiger partial charge in [0.2, 0.25) is 0 Å². The zero-order chi connectivity index (χ0) is 13.7. The summed E-state index contributed by atoms with van der Waals surface area (Å²) >= 11 is 0. The zero-order valence-corrected chi connectivity index (χ0v) is 10.9. The summed E-state index contributed by atoms with van der Waals surface area (Å²) in [5.41, 5.74) is 8.07. The van der Waals surface area contributed by atoms with Crippen LogP contribution in [0.2, 0.25) is 0 Å². The van der Waals surface area contributed by atoms with Crippen molar-refractivity contribution in [2.75, 3.05) is 6.54 Å². The van der Waals surface area contributed by atoms with Crippen molar-refractivity contribution in [3.05, 3.63) is 47.5 Å². The summed E-state index contributed by atoms with van der Waals surface area (Å²) in [7, 11) is 0. The van der Waals surface area contributed by atoms with E-state index in [-0.39, 0.29) is 6.42 Å². The first-order valence-electron chi connectivity index (χ1n) is 6.63. The summed E-state index contributed by atoms with van der Waals surface area (Å²) in [5, 5.41) is 10.9. The Bertz CT molecular complexity index is 539. The first kappa shape index (κ1) is 13.6. The fourth-order valence-corrected chi connectivity index (χ4v) is 2.44. The molecule has 0 unspecified atom stereocenters. The molecule has 0 aliphatic heterocycles. The molecule has 3 nitrogen and oxygen atoms in total. The molecule has 0 aromatic heterocycles. The Labute approximate surface area is 113 Å². The monoisotopic (exact) mass is 257 g/mol. The first-order valence-corrected chi connectivity index (χ1v) is 6.63. The molecule has 3 rings (SSSR count). The molecular formula is C16H19NO2. The van der Waals surface area contributed by atoms with Crippen LogP contribution in [0.3, 0.4) is 0 Å². The predicted molar refractivity (Wildman–Crippen MR) is 77.3 cm³/mol. The molecule has 19 heavy (non-hydrogen) atoms. The van der Waals surface area contributed by atoms with Crippen LogP contribution in [0.1, 0.15) is 24.0 Å². The van der Waals surface area contributed by atoms with Gasteiger partial charge in [-0.2, -0.15) is 0 Å². The van der Waals surface area contributed by atoms with Crippen molar-refractivity contribution in [1.29, 1.82) is 0 Å². The molecule has 0 saturated heterocycles. The second kappa shape index (κ2) is 6.34. The summed E-state index contributed by atoms with van der Waals surface area (Å²) in [6.45, 7) is 0.465. The lowest BCUT2D eigenvalue weighted by Crippen LogP contribution is -2.02. The number of hydrogen-bond acceptors (Lipinski definition) is 2. The molecule has 0 bridgehead atoms. The lowest BCUT2D eigenvalue weighted by atomic mass is 10.1. The second-order valence-corrected chi connectivity index (χ2v) is 4.72. The van der Waals surface area contributed by atoms with Gasteiger partial charge < -0.3 is 10.8 Å². The number of aliphatic carboxylic acids is 1. The van der Waals surface area contributed by atoms with Gasteiger partial charge in [-0.3, -0.25) is 4.79 Å². The van der Waals surface area contributed by atoms with Crippen LogP contribution in [-0.2, 0) is 17.6 Å². The molecule has 1 aliphatic carbocycles. The lowest BCUT2D eigenvalue weighted by Gasteiger charge is -1.99. The number of hydrogen-bond donors (Lipinski definition) is 2. The van der Waals surface area contributed by atoms with E-state index in [0.29, 0.717) is 13.0 Å². The van der Waals surface area contributed by atoms with Crippen molar-refractivity contribution in [1.82, 2.24) is 0 Å². The van der Waals surface area contributed by atoms with Gasteiger partial charge in [0.1, 0.15) is 0 Å². The molecule has 0 atom stereocenters. The zero-order valence-electron chi connectivity index (χ0n) is 10.9. The number of benzene rings is 2. The topological polar surface area (TPSA) is 63.3 Å². The normalized spacial score (nSPS) is 12.1. The van der Waals surface area contributed by atoms with E-state index in [1.165, 1.54) is 34.7 Å². The average molecular weight is 257 g/mol. The number of carbonyl (C=O) groups is 1. The highest BCUT2D eigenvalue weighted by molar-refractivity contribution is 5.90. The van der Waals surface area contributed by atoms with Crippen LogP contribution in [-0.4, -0.2) is 17.6 Å². The molecule has 3 N–H and O–H groups in total. The number of nitrogens with two attached hydrogens (primary N) is 1. The first-order chi connectivity index (χ1) is 9.22. The van der Waals surface area contributed by atoms with Gasteiger partial charge >= 0.3 is 5.97 Å². The van der Waals surface area contributed by atoms with Gasteiger partial charge in [-0.25, -0.2) is 0 Å². The van der Waals surface area contributed by atoms with Crippen LogP contribution in [0.4, 0.5) is 0 Å². The van der Waals surface area contributed by atoms with Gasteiger partial charge in [-0.1, -0.05) is 36.4 Å². The van der Waals surface area contributed by atoms with Crippen LogP contribution in [0.5, 0.6) is 0 Å². The molecule has 0 radical (unpaired) electrons. The Morgan fingerprint density at radius 2 is 1.68 bits per heavy atom. The molecule has 1 aliphatic rings. The molecule has 0 amide bonds. The molecule has 0 spiro atoms. The Balaban J connectivity index is 0.000000167. The molecule has 2 aromatic carbocycles. The predicted octanol–water partition coefficient (Wildman–Crippen LogP) is 2.75. The minimum Gasteiger partial charge on any atom is -0.481 e. The quantitative estimate of drug-likeness (QED) is 0.888. The third-order valence-electron chi connectivity index (χ3n) is 3.34. The molecule has 3 heteroatoms. The van der Waals surface area contributed by atoms with Crippen molar-refractivity contribution in [3.63, 3.8) is 0 Å². The smallest absolute Gasteiger partial charge is 0.303 e. The van der Waals surface area contributed by atoms with E-state index in [4.69, 9.17) is 10.8 Å². The van der Waals surface area contributed by atoms with Crippen molar-refractivity contribution < 1.29 is 9.90 Å². The van der Waals surface area contributed by atoms with Gasteiger partial charge in [0, 0.05) is 6.42 Å². The third-order valence-corrected chi connectivity index (χ3v) is 3.34. The highest BCUT2D eigenvalue weighted by Crippen LogP contribution is 2.29. The number of aryl methyl sites for hydroxylation is 2. The largest absolute Gasteiger partial charge is 0.481 e. The lowest BCUT2D eigenvalue weighted by molar-refractivity contribution is -0.137. The third kappa shape index (κ3) is 3.32. The van der Waals surface area contributed by atoms with E-state index in [0.717, 1.165) is 0 Å². The van der Waals surface area contributed by atoms with Crippen LogP contribution >= 0.6 is 0 Å². The fourth-order valence-electron chi connectivity index (χ4n) is 2.44. The van der Waals surface area contributed by atoms with E-state index in [1.807, 2.05) is 0 Å². The summed E-state index contributed by atoms with van der Waals surface area (Å²) in [6.07, 6.45) is 3.24. The van der Waals surface area contributed by atoms with E-state index in [9.17, 15) is 4.79 Å². The second-order valence-electron chi connectivity index (χ2n) is 4.72. The van der Waals surface area contributed by atoms with Crippen molar-refractivity contribution >= 4 is 16.7 Å². The summed E-state index contributed by atoms with van der Waals surface area (Å²) in [4.78, 5) is 9.70. The SMILES string of the molecule is NCCCC(=O)O.c1cc2c3c(cccc3c1)CC2. The minimum atomic E-state index is -0.773. The van der Waals surface area contributed by atoms with E-state index in [2.05, 4.69) is 36.4 Å². The molecule has 2 aromatic rings. The highest BCUT2D eigenvalue weighted by atomic mass is 16.4. The maximum Gasteiger partial charge on any atom is 0.303 e. The van der Waals surface area contributed by atoms with Crippen LogP contribution in [0, 0.1) is 0 Å². The molecule has 0 fully saturated rings. The molecule has 0 saturated carbocycles. The molecule has 100 valence electrons. The van der Waals surface area contributed by atoms with E-state index in [1.54, 1.807) is 0 Å². The minimum absolute atomic E-state index is 0.191. The number of rotatable bonds is 3.